The minimum Gasteiger partial charge on any atom is -0.348 e. The molecule has 0 unspecified atom stereocenters. The van der Waals surface area contributed by atoms with E-state index in [-0.39, 0.29) is 11.2 Å². The molecule has 2 fully saturated rings. The van der Waals surface area contributed by atoms with Crippen LogP contribution in [-0.2, 0) is 19.6 Å². The molecule has 0 aromatic rings. The molecule has 0 aromatic carbocycles. The zero-order valence-corrected chi connectivity index (χ0v) is 13.1. The maximum Gasteiger partial charge on any atom is 0.309 e. The molecule has 0 radical (unpaired) electrons. The predicted octanol–water partition coefficient (Wildman–Crippen LogP) is -0.557. The van der Waals surface area contributed by atoms with Gasteiger partial charge in [0.1, 0.15) is 0 Å². The van der Waals surface area contributed by atoms with Crippen molar-refractivity contribution >= 4 is 21.8 Å². The molecule has 2 N–H and O–H groups in total. The fourth-order valence-corrected chi connectivity index (χ4v) is 4.38. The fourth-order valence-electron chi connectivity index (χ4n) is 2.50. The number of hydrogen-bond acceptors (Lipinski definition) is 4. The Morgan fingerprint density at radius 3 is 2.14 bits per heavy atom. The lowest BCUT2D eigenvalue weighted by Crippen LogP contribution is -2.45. The van der Waals surface area contributed by atoms with Crippen molar-refractivity contribution in [2.24, 2.45) is 5.92 Å². The summed E-state index contributed by atoms with van der Waals surface area (Å²) in [5.41, 5.74) is 0. The molecule has 1 aliphatic carbocycles. The molecule has 1 aliphatic heterocycles. The first-order valence-corrected chi connectivity index (χ1v) is 9.00. The van der Waals surface area contributed by atoms with Crippen LogP contribution in [0.4, 0.5) is 0 Å². The Kier molecular flexibility index (Phi) is 5.21. The number of carbonyl (C=O) groups excluding carboxylic acids is 2. The molecule has 2 rings (SSSR count). The van der Waals surface area contributed by atoms with Gasteiger partial charge in [-0.3, -0.25) is 9.59 Å². The van der Waals surface area contributed by atoms with Crippen LogP contribution in [-0.4, -0.2) is 56.0 Å². The van der Waals surface area contributed by atoms with Crippen molar-refractivity contribution in [1.29, 1.82) is 0 Å². The van der Waals surface area contributed by atoms with Crippen LogP contribution in [0.1, 0.15) is 32.6 Å². The second-order valence-electron chi connectivity index (χ2n) is 5.66. The molecule has 2 aliphatic rings. The zero-order valence-electron chi connectivity index (χ0n) is 12.3. The molecule has 7 nitrogen and oxygen atoms in total. The first kappa shape index (κ1) is 16.2. The summed E-state index contributed by atoms with van der Waals surface area (Å²) in [7, 11) is -3.08. The van der Waals surface area contributed by atoms with Gasteiger partial charge in [0, 0.05) is 26.2 Å². The summed E-state index contributed by atoms with van der Waals surface area (Å²) in [5, 5.41) is 4.89. The topological polar surface area (TPSA) is 95.6 Å². The minimum atomic E-state index is -3.08. The molecule has 0 atom stereocenters. The maximum atomic E-state index is 12.1. The number of nitrogens with one attached hydrogen (secondary N) is 2. The van der Waals surface area contributed by atoms with Crippen LogP contribution in [0.5, 0.6) is 0 Å². The summed E-state index contributed by atoms with van der Waals surface area (Å²) >= 11 is 0. The largest absolute Gasteiger partial charge is 0.348 e. The third-order valence-electron chi connectivity index (χ3n) is 3.97. The van der Waals surface area contributed by atoms with E-state index in [1.54, 1.807) is 11.2 Å². The molecular weight excluding hydrogens is 294 g/mol. The number of amides is 2. The van der Waals surface area contributed by atoms with Gasteiger partial charge in [-0.2, -0.15) is 0 Å². The van der Waals surface area contributed by atoms with Crippen molar-refractivity contribution in [3.8, 4) is 0 Å². The summed E-state index contributed by atoms with van der Waals surface area (Å²) in [6.07, 6.45) is 3.01. The molecule has 21 heavy (non-hydrogen) atoms. The van der Waals surface area contributed by atoms with Gasteiger partial charge in [0.15, 0.2) is 0 Å². The third-order valence-corrected chi connectivity index (χ3v) is 6.37. The highest BCUT2D eigenvalue weighted by atomic mass is 32.2. The third kappa shape index (κ3) is 4.16. The van der Waals surface area contributed by atoms with Crippen LogP contribution in [0.15, 0.2) is 0 Å². The summed E-state index contributed by atoms with van der Waals surface area (Å²) in [4.78, 5) is 22.7. The average Bonchev–Trinajstić information content (AvgIpc) is 3.30. The molecule has 1 saturated carbocycles. The lowest BCUT2D eigenvalue weighted by molar-refractivity contribution is -0.139. The van der Waals surface area contributed by atoms with E-state index in [0.29, 0.717) is 26.2 Å². The fraction of sp³-hybridized carbons (Fsp3) is 0.846. The SMILES string of the molecule is CCNC(=O)C(=O)NCC1CCN(S(=O)(=O)C2CC2)CC1. The Morgan fingerprint density at radius 1 is 1.05 bits per heavy atom. The van der Waals surface area contributed by atoms with E-state index in [4.69, 9.17) is 0 Å². The number of sulfonamides is 1. The van der Waals surface area contributed by atoms with Crippen molar-refractivity contribution in [2.45, 2.75) is 37.9 Å². The molecule has 120 valence electrons. The van der Waals surface area contributed by atoms with Crippen LogP contribution >= 0.6 is 0 Å². The van der Waals surface area contributed by atoms with E-state index in [0.717, 1.165) is 25.7 Å². The first-order valence-electron chi connectivity index (χ1n) is 7.50. The number of nitrogens with zero attached hydrogens (tertiary/aromatic N) is 1. The van der Waals surface area contributed by atoms with E-state index in [1.807, 2.05) is 0 Å². The Hall–Kier alpha value is -1.15. The Bertz CT molecular complexity index is 494. The maximum absolute atomic E-state index is 12.1. The lowest BCUT2D eigenvalue weighted by atomic mass is 9.98. The van der Waals surface area contributed by atoms with Crippen LogP contribution in [0, 0.1) is 5.92 Å². The molecule has 0 aromatic heterocycles. The highest BCUT2D eigenvalue weighted by Gasteiger charge is 2.41. The Labute approximate surface area is 125 Å². The van der Waals surface area contributed by atoms with Crippen molar-refractivity contribution in [3.05, 3.63) is 0 Å². The summed E-state index contributed by atoms with van der Waals surface area (Å²) < 4.78 is 25.7. The van der Waals surface area contributed by atoms with E-state index in [2.05, 4.69) is 10.6 Å². The van der Waals surface area contributed by atoms with Crippen LogP contribution in [0.25, 0.3) is 0 Å². The normalized spacial score (nSPS) is 21.0. The molecule has 2 amide bonds. The first-order chi connectivity index (χ1) is 9.95. The highest BCUT2D eigenvalue weighted by molar-refractivity contribution is 7.90. The molecule has 0 spiro atoms. The second kappa shape index (κ2) is 6.74. The van der Waals surface area contributed by atoms with Crippen molar-refractivity contribution < 1.29 is 18.0 Å². The van der Waals surface area contributed by atoms with E-state index >= 15 is 0 Å². The van der Waals surface area contributed by atoms with Gasteiger partial charge in [-0.1, -0.05) is 0 Å². The summed E-state index contributed by atoms with van der Waals surface area (Å²) in [6, 6.07) is 0. The van der Waals surface area contributed by atoms with Crippen LogP contribution < -0.4 is 10.6 Å². The van der Waals surface area contributed by atoms with Gasteiger partial charge in [0.2, 0.25) is 10.0 Å². The summed E-state index contributed by atoms with van der Waals surface area (Å²) in [6.45, 7) is 3.62. The van der Waals surface area contributed by atoms with Crippen molar-refractivity contribution in [2.75, 3.05) is 26.2 Å². The van der Waals surface area contributed by atoms with E-state index in [1.165, 1.54) is 0 Å². The number of carbonyl (C=O) groups is 2. The van der Waals surface area contributed by atoms with Crippen LogP contribution in [0.3, 0.4) is 0 Å². The molecule has 0 bridgehead atoms. The van der Waals surface area contributed by atoms with Gasteiger partial charge in [-0.15, -0.1) is 0 Å². The van der Waals surface area contributed by atoms with Gasteiger partial charge in [0.25, 0.3) is 0 Å². The molecule has 1 saturated heterocycles. The number of piperidine rings is 1. The standard InChI is InChI=1S/C13H23N3O4S/c1-2-14-12(17)13(18)15-9-10-5-7-16(8-6-10)21(19,20)11-3-4-11/h10-11H,2-9H2,1H3,(H,14,17)(H,15,18). The highest BCUT2D eigenvalue weighted by Crippen LogP contribution is 2.32. The predicted molar refractivity (Wildman–Crippen MR) is 77.9 cm³/mol. The average molecular weight is 317 g/mol. The van der Waals surface area contributed by atoms with Crippen LogP contribution in [0.2, 0.25) is 0 Å². The van der Waals surface area contributed by atoms with Gasteiger partial charge in [0.05, 0.1) is 5.25 Å². The Balaban J connectivity index is 1.72. The van der Waals surface area contributed by atoms with Gasteiger partial charge < -0.3 is 10.6 Å². The smallest absolute Gasteiger partial charge is 0.309 e. The number of hydrogen-bond donors (Lipinski definition) is 2. The zero-order chi connectivity index (χ0) is 15.5. The quantitative estimate of drug-likeness (QED) is 0.665. The van der Waals surface area contributed by atoms with Crippen molar-refractivity contribution in [1.82, 2.24) is 14.9 Å². The lowest BCUT2D eigenvalue weighted by Gasteiger charge is -2.31. The van der Waals surface area contributed by atoms with Crippen molar-refractivity contribution in [3.63, 3.8) is 0 Å². The summed E-state index contributed by atoms with van der Waals surface area (Å²) in [5.74, 6) is -1.01. The minimum absolute atomic E-state index is 0.161. The second-order valence-corrected chi connectivity index (χ2v) is 7.87. The monoisotopic (exact) mass is 317 g/mol. The van der Waals surface area contributed by atoms with Gasteiger partial charge in [-0.25, -0.2) is 12.7 Å². The molecule has 1 heterocycles. The van der Waals surface area contributed by atoms with Gasteiger partial charge >= 0.3 is 11.8 Å². The van der Waals surface area contributed by atoms with E-state index < -0.39 is 21.8 Å². The number of likely N-dealkylation sites (N-methyl/N-ethyl adjacent to an activating group) is 1. The molecule has 8 heteroatoms. The number of rotatable bonds is 5. The van der Waals surface area contributed by atoms with Gasteiger partial charge in [-0.05, 0) is 38.5 Å². The van der Waals surface area contributed by atoms with E-state index in [9.17, 15) is 18.0 Å². The Morgan fingerprint density at radius 2 is 1.62 bits per heavy atom. The molecular formula is C13H23N3O4S.